The molecule has 0 radical (unpaired) electrons. The molecule has 9 aromatic rings. The Morgan fingerprint density at radius 3 is 1.82 bits per heavy atom. The molecular weight excluding hydrogens is 611 g/mol. The van der Waals surface area contributed by atoms with Crippen molar-refractivity contribution in [2.75, 3.05) is 0 Å². The SMILES string of the molecule is [C-]#[N+]c1ccc2c(c1)c1cccc(C#N)c1n2-c1cccc(-c2ccc(-c3c(C#N)cccc3-n3c4ccccc4c4ccccc43)cc2)c1. The fourth-order valence-corrected chi connectivity index (χ4v) is 7.44. The molecule has 0 fully saturated rings. The van der Waals surface area contributed by atoms with Gasteiger partial charge in [0.05, 0.1) is 51.5 Å². The summed E-state index contributed by atoms with van der Waals surface area (Å²) in [4.78, 5) is 3.65. The van der Waals surface area contributed by atoms with E-state index in [1.807, 2.05) is 54.6 Å². The van der Waals surface area contributed by atoms with E-state index in [9.17, 15) is 10.5 Å². The summed E-state index contributed by atoms with van der Waals surface area (Å²) in [6, 6.07) is 55.7. The highest BCUT2D eigenvalue weighted by Crippen LogP contribution is 2.39. The molecule has 2 aromatic heterocycles. The molecule has 9 rings (SSSR count). The quantitative estimate of drug-likeness (QED) is 0.181. The van der Waals surface area contributed by atoms with Crippen LogP contribution in [0.25, 0.3) is 82.1 Å². The van der Waals surface area contributed by atoms with Gasteiger partial charge >= 0.3 is 0 Å². The maximum Gasteiger partial charge on any atom is 0.188 e. The maximum atomic E-state index is 10.3. The molecule has 0 aliphatic rings. The van der Waals surface area contributed by atoms with Gasteiger partial charge in [0, 0.05) is 27.4 Å². The zero-order valence-corrected chi connectivity index (χ0v) is 26.7. The molecule has 0 saturated carbocycles. The molecule has 5 nitrogen and oxygen atoms in total. The average Bonchev–Trinajstić information content (AvgIpc) is 3.70. The lowest BCUT2D eigenvalue weighted by Gasteiger charge is -2.16. The van der Waals surface area contributed by atoms with Gasteiger partial charge in [-0.2, -0.15) is 10.5 Å². The van der Waals surface area contributed by atoms with Gasteiger partial charge in [-0.3, -0.25) is 0 Å². The fourth-order valence-electron chi connectivity index (χ4n) is 7.44. The van der Waals surface area contributed by atoms with E-state index in [0.29, 0.717) is 16.8 Å². The minimum atomic E-state index is 0.562. The molecule has 0 amide bonds. The van der Waals surface area contributed by atoms with E-state index >= 15 is 0 Å². The molecule has 7 aromatic carbocycles. The van der Waals surface area contributed by atoms with Crippen molar-refractivity contribution in [2.45, 2.75) is 0 Å². The second-order valence-corrected chi connectivity index (χ2v) is 12.3. The number of benzene rings is 7. The first-order chi connectivity index (χ1) is 24.7. The average molecular weight is 636 g/mol. The fraction of sp³-hybridized carbons (Fsp3) is 0. The van der Waals surface area contributed by atoms with Crippen LogP contribution in [-0.2, 0) is 0 Å². The smallest absolute Gasteiger partial charge is 0.188 e. The monoisotopic (exact) mass is 635 g/mol. The minimum absolute atomic E-state index is 0.562. The molecule has 0 bridgehead atoms. The Morgan fingerprint density at radius 2 is 1.10 bits per heavy atom. The minimum Gasteiger partial charge on any atom is -0.309 e. The molecular formula is C45H25N5. The van der Waals surface area contributed by atoms with Crippen molar-refractivity contribution < 1.29 is 0 Å². The third-order valence-electron chi connectivity index (χ3n) is 9.62. The zero-order valence-electron chi connectivity index (χ0n) is 26.7. The third kappa shape index (κ3) is 4.31. The summed E-state index contributed by atoms with van der Waals surface area (Å²) in [7, 11) is 0. The molecule has 0 aliphatic carbocycles. The van der Waals surface area contributed by atoms with E-state index in [4.69, 9.17) is 6.57 Å². The van der Waals surface area contributed by atoms with Crippen LogP contribution in [-0.4, -0.2) is 9.13 Å². The van der Waals surface area contributed by atoms with E-state index in [-0.39, 0.29) is 0 Å². The molecule has 0 N–H and O–H groups in total. The Morgan fingerprint density at radius 1 is 0.480 bits per heavy atom. The molecule has 0 saturated heterocycles. The van der Waals surface area contributed by atoms with E-state index in [0.717, 1.165) is 66.5 Å². The number of fused-ring (bicyclic) bond motifs is 6. The lowest BCUT2D eigenvalue weighted by molar-refractivity contribution is 1.18. The van der Waals surface area contributed by atoms with Gasteiger partial charge in [0.1, 0.15) is 6.07 Å². The van der Waals surface area contributed by atoms with Crippen molar-refractivity contribution in [3.05, 3.63) is 174 Å². The van der Waals surface area contributed by atoms with Crippen LogP contribution >= 0.6 is 0 Å². The predicted molar refractivity (Wildman–Crippen MR) is 202 cm³/mol. The topological polar surface area (TPSA) is 61.8 Å². The van der Waals surface area contributed by atoms with Gasteiger partial charge in [-0.05, 0) is 76.7 Å². The molecule has 230 valence electrons. The number of aromatic nitrogens is 2. The van der Waals surface area contributed by atoms with Crippen molar-refractivity contribution in [1.29, 1.82) is 10.5 Å². The summed E-state index contributed by atoms with van der Waals surface area (Å²) >= 11 is 0. The first-order valence-electron chi connectivity index (χ1n) is 16.3. The van der Waals surface area contributed by atoms with Gasteiger partial charge in [-0.1, -0.05) is 97.1 Å². The zero-order chi connectivity index (χ0) is 33.8. The highest BCUT2D eigenvalue weighted by Gasteiger charge is 2.19. The summed E-state index contributed by atoms with van der Waals surface area (Å²) in [6.07, 6.45) is 0. The van der Waals surface area contributed by atoms with E-state index in [1.54, 1.807) is 0 Å². The Labute approximate surface area is 288 Å². The standard InChI is InChI=1S/C45H25N5/c1-48-34-23-24-42-39(26-34)38-15-7-11-33(28-47)45(38)49(42)35-12-6-9-31(25-35)29-19-21-30(22-20-29)44-32(27-46)10-8-18-43(44)50-40-16-4-2-13-36(40)37-14-3-5-17-41(37)50/h2-26H. The van der Waals surface area contributed by atoms with Crippen LogP contribution in [0.1, 0.15) is 11.1 Å². The predicted octanol–water partition coefficient (Wildman–Crippen LogP) is 11.5. The Hall–Kier alpha value is -7.39. The van der Waals surface area contributed by atoms with Crippen LogP contribution in [0.15, 0.2) is 152 Å². The van der Waals surface area contributed by atoms with Gasteiger partial charge in [-0.25, -0.2) is 4.85 Å². The molecule has 5 heteroatoms. The van der Waals surface area contributed by atoms with Gasteiger partial charge in [0.25, 0.3) is 0 Å². The number of rotatable bonds is 4. The van der Waals surface area contributed by atoms with Gasteiger partial charge in [0.2, 0.25) is 0 Å². The lowest BCUT2D eigenvalue weighted by atomic mass is 9.95. The van der Waals surface area contributed by atoms with Crippen LogP contribution in [0.3, 0.4) is 0 Å². The largest absolute Gasteiger partial charge is 0.309 e. The molecule has 50 heavy (non-hydrogen) atoms. The van der Waals surface area contributed by atoms with Crippen LogP contribution in [0.2, 0.25) is 0 Å². The molecule has 0 unspecified atom stereocenters. The van der Waals surface area contributed by atoms with Crippen molar-refractivity contribution in [1.82, 2.24) is 9.13 Å². The highest BCUT2D eigenvalue weighted by atomic mass is 15.0. The Bertz CT molecular complexity index is 2900. The molecule has 0 aliphatic heterocycles. The number of hydrogen-bond acceptors (Lipinski definition) is 2. The summed E-state index contributed by atoms with van der Waals surface area (Å²) in [5.41, 5.74) is 11.5. The molecule has 0 atom stereocenters. The summed E-state index contributed by atoms with van der Waals surface area (Å²) in [5, 5.41) is 24.6. The van der Waals surface area contributed by atoms with E-state index < -0.39 is 0 Å². The molecule has 2 heterocycles. The van der Waals surface area contributed by atoms with Crippen LogP contribution < -0.4 is 0 Å². The number of nitrogens with zero attached hydrogens (tertiary/aromatic N) is 5. The van der Waals surface area contributed by atoms with Crippen LogP contribution in [0.4, 0.5) is 5.69 Å². The van der Waals surface area contributed by atoms with Crippen molar-refractivity contribution in [2.24, 2.45) is 0 Å². The van der Waals surface area contributed by atoms with E-state index in [1.165, 1.54) is 10.8 Å². The summed E-state index contributed by atoms with van der Waals surface area (Å²) in [6.45, 7) is 7.55. The van der Waals surface area contributed by atoms with Gasteiger partial charge in [-0.15, -0.1) is 0 Å². The number of hydrogen-bond donors (Lipinski definition) is 0. The maximum absolute atomic E-state index is 10.3. The van der Waals surface area contributed by atoms with Crippen molar-refractivity contribution in [3.8, 4) is 45.8 Å². The Balaban J connectivity index is 1.19. The molecule has 0 spiro atoms. The van der Waals surface area contributed by atoms with Gasteiger partial charge in [0.15, 0.2) is 5.69 Å². The van der Waals surface area contributed by atoms with Crippen molar-refractivity contribution >= 4 is 49.3 Å². The van der Waals surface area contributed by atoms with Crippen molar-refractivity contribution in [3.63, 3.8) is 0 Å². The second kappa shape index (κ2) is 11.4. The van der Waals surface area contributed by atoms with Crippen LogP contribution in [0, 0.1) is 29.2 Å². The van der Waals surface area contributed by atoms with E-state index in [2.05, 4.69) is 123 Å². The first kappa shape index (κ1) is 28.8. The second-order valence-electron chi connectivity index (χ2n) is 12.3. The van der Waals surface area contributed by atoms with Gasteiger partial charge < -0.3 is 9.13 Å². The number of para-hydroxylation sites is 3. The third-order valence-corrected chi connectivity index (χ3v) is 9.62. The highest BCUT2D eigenvalue weighted by molar-refractivity contribution is 6.12. The van der Waals surface area contributed by atoms with Crippen LogP contribution in [0.5, 0.6) is 0 Å². The lowest BCUT2D eigenvalue weighted by Crippen LogP contribution is -1.99. The summed E-state index contributed by atoms with van der Waals surface area (Å²) in [5.74, 6) is 0. The number of nitriles is 2. The Kier molecular flexibility index (Phi) is 6.56. The summed E-state index contributed by atoms with van der Waals surface area (Å²) < 4.78 is 4.39. The first-order valence-corrected chi connectivity index (χ1v) is 16.3. The normalized spacial score (nSPS) is 11.1.